The monoisotopic (exact) mass is 494 g/mol. The number of carbonyl (C=O) groups excluding carboxylic acids is 2. The Labute approximate surface area is 200 Å². The van der Waals surface area contributed by atoms with Gasteiger partial charge in [-0.15, -0.1) is 0 Å². The number of ether oxygens (including phenoxy) is 8. The number of esters is 1. The molecule has 12 nitrogen and oxygen atoms in total. The fourth-order valence-electron chi connectivity index (χ4n) is 2.67. The minimum atomic E-state index is -1.56. The van der Waals surface area contributed by atoms with E-state index in [0.717, 1.165) is 25.9 Å². The van der Waals surface area contributed by atoms with E-state index in [9.17, 15) is 14.4 Å². The van der Waals surface area contributed by atoms with Gasteiger partial charge in [-0.1, -0.05) is 0 Å². The molecule has 1 atom stereocenters. The van der Waals surface area contributed by atoms with Crippen LogP contribution in [-0.2, 0) is 52.3 Å². The lowest BCUT2D eigenvalue weighted by atomic mass is 10.2. The van der Waals surface area contributed by atoms with Gasteiger partial charge >= 0.3 is 11.9 Å². The highest BCUT2D eigenvalue weighted by Crippen LogP contribution is 2.13. The SMILES string of the molecule is O=C(CCC(=O)C(=O)O)OCCOCCOCCOCCOCCOCCOC1CCCCO1. The van der Waals surface area contributed by atoms with Crippen molar-refractivity contribution in [2.24, 2.45) is 0 Å². The highest BCUT2D eigenvalue weighted by atomic mass is 16.7. The Morgan fingerprint density at radius 1 is 0.676 bits per heavy atom. The van der Waals surface area contributed by atoms with Crippen LogP contribution < -0.4 is 0 Å². The van der Waals surface area contributed by atoms with Crippen molar-refractivity contribution in [2.45, 2.75) is 38.4 Å². The van der Waals surface area contributed by atoms with Gasteiger partial charge in [0.2, 0.25) is 5.78 Å². The van der Waals surface area contributed by atoms with Crippen molar-refractivity contribution in [1.29, 1.82) is 0 Å². The number of Topliss-reactive ketones (excluding diaryl/α,β-unsaturated/α-hetero) is 1. The molecule has 1 saturated heterocycles. The smallest absolute Gasteiger partial charge is 0.372 e. The van der Waals surface area contributed by atoms with Gasteiger partial charge in [0.05, 0.1) is 79.1 Å². The number of aliphatic carboxylic acids is 1. The van der Waals surface area contributed by atoms with Gasteiger partial charge in [0.25, 0.3) is 0 Å². The van der Waals surface area contributed by atoms with Crippen LogP contribution in [-0.4, -0.2) is 115 Å². The lowest BCUT2D eigenvalue weighted by Crippen LogP contribution is -2.24. The predicted octanol–water partition coefficient (Wildman–Crippen LogP) is 0.590. The van der Waals surface area contributed by atoms with E-state index in [1.54, 1.807) is 0 Å². The van der Waals surface area contributed by atoms with Crippen LogP contribution >= 0.6 is 0 Å². The number of rotatable bonds is 23. The van der Waals surface area contributed by atoms with Gasteiger partial charge in [0, 0.05) is 13.0 Å². The summed E-state index contributed by atoms with van der Waals surface area (Å²) in [5.41, 5.74) is 0. The average Bonchev–Trinajstić information content (AvgIpc) is 2.84. The first-order valence-corrected chi connectivity index (χ1v) is 11.6. The van der Waals surface area contributed by atoms with Gasteiger partial charge in [-0.05, 0) is 19.3 Å². The maximum Gasteiger partial charge on any atom is 0.372 e. The molecular formula is C22H38O12. The molecule has 0 aliphatic carbocycles. The van der Waals surface area contributed by atoms with Crippen molar-refractivity contribution in [1.82, 2.24) is 0 Å². The molecule has 0 radical (unpaired) electrons. The predicted molar refractivity (Wildman–Crippen MR) is 116 cm³/mol. The minimum Gasteiger partial charge on any atom is -0.476 e. The maximum atomic E-state index is 11.3. The molecule has 0 aromatic rings. The summed E-state index contributed by atoms with van der Waals surface area (Å²) < 4.78 is 42.7. The topological polar surface area (TPSA) is 145 Å². The van der Waals surface area contributed by atoms with Crippen molar-refractivity contribution in [3.05, 3.63) is 0 Å². The van der Waals surface area contributed by atoms with E-state index in [4.69, 9.17) is 43.0 Å². The molecule has 1 heterocycles. The van der Waals surface area contributed by atoms with Crippen molar-refractivity contribution in [3.63, 3.8) is 0 Å². The Balaban J connectivity index is 1.70. The van der Waals surface area contributed by atoms with Crippen LogP contribution in [0.25, 0.3) is 0 Å². The molecule has 1 unspecified atom stereocenters. The van der Waals surface area contributed by atoms with Gasteiger partial charge in [-0.3, -0.25) is 9.59 Å². The maximum absolute atomic E-state index is 11.3. The van der Waals surface area contributed by atoms with Gasteiger partial charge in [0.1, 0.15) is 6.61 Å². The van der Waals surface area contributed by atoms with Crippen LogP contribution in [0.1, 0.15) is 32.1 Å². The number of ketones is 1. The standard InChI is InChI=1S/C22H38O12/c23-19(22(25)26)4-5-20(24)32-17-15-30-13-11-28-9-7-27-8-10-29-12-14-31-16-18-34-21-3-1-2-6-33-21/h21H,1-18H2,(H,25,26). The third kappa shape index (κ3) is 18.7. The second-order valence-corrected chi connectivity index (χ2v) is 7.18. The zero-order chi connectivity index (χ0) is 24.7. The molecular weight excluding hydrogens is 456 g/mol. The van der Waals surface area contributed by atoms with E-state index in [1.807, 2.05) is 0 Å². The molecule has 1 aliphatic rings. The first kappa shape index (κ1) is 30.4. The Hall–Kier alpha value is -1.67. The van der Waals surface area contributed by atoms with Crippen LogP contribution in [0.4, 0.5) is 0 Å². The van der Waals surface area contributed by atoms with Crippen LogP contribution in [0.3, 0.4) is 0 Å². The first-order chi connectivity index (χ1) is 16.6. The fraction of sp³-hybridized carbons (Fsp3) is 0.864. The van der Waals surface area contributed by atoms with Crippen LogP contribution in [0, 0.1) is 0 Å². The van der Waals surface area contributed by atoms with Gasteiger partial charge in [-0.25, -0.2) is 4.79 Å². The molecule has 34 heavy (non-hydrogen) atoms. The normalized spacial score (nSPS) is 15.8. The summed E-state index contributed by atoms with van der Waals surface area (Å²) in [6, 6.07) is 0. The van der Waals surface area contributed by atoms with Gasteiger partial charge in [-0.2, -0.15) is 0 Å². The molecule has 0 aromatic heterocycles. The average molecular weight is 495 g/mol. The third-order valence-corrected chi connectivity index (χ3v) is 4.44. The second-order valence-electron chi connectivity index (χ2n) is 7.18. The van der Waals surface area contributed by atoms with Crippen LogP contribution in [0.15, 0.2) is 0 Å². The number of carboxylic acids is 1. The molecule has 1 N–H and O–H groups in total. The third-order valence-electron chi connectivity index (χ3n) is 4.44. The zero-order valence-electron chi connectivity index (χ0n) is 19.7. The Morgan fingerprint density at radius 2 is 1.18 bits per heavy atom. The molecule has 1 fully saturated rings. The van der Waals surface area contributed by atoms with Gasteiger partial charge < -0.3 is 43.0 Å². The molecule has 0 saturated carbocycles. The summed E-state index contributed by atoms with van der Waals surface area (Å²) in [7, 11) is 0. The van der Waals surface area contributed by atoms with E-state index >= 15 is 0 Å². The number of carboxylic acid groups (broad SMARTS) is 1. The van der Waals surface area contributed by atoms with E-state index < -0.39 is 17.7 Å². The van der Waals surface area contributed by atoms with Crippen molar-refractivity contribution in [3.8, 4) is 0 Å². The molecule has 1 rings (SSSR count). The Morgan fingerprint density at radius 3 is 1.65 bits per heavy atom. The first-order valence-electron chi connectivity index (χ1n) is 11.6. The summed E-state index contributed by atoms with van der Waals surface area (Å²) in [5.74, 6) is -3.22. The fourth-order valence-corrected chi connectivity index (χ4v) is 2.67. The lowest BCUT2D eigenvalue weighted by Gasteiger charge is -2.22. The number of hydrogen-bond donors (Lipinski definition) is 1. The molecule has 198 valence electrons. The minimum absolute atomic E-state index is 0.0252. The molecule has 0 amide bonds. The van der Waals surface area contributed by atoms with E-state index in [1.165, 1.54) is 0 Å². The Kier molecular flexibility index (Phi) is 19.5. The molecule has 0 spiro atoms. The zero-order valence-corrected chi connectivity index (χ0v) is 19.7. The number of hydrogen-bond acceptors (Lipinski definition) is 11. The summed E-state index contributed by atoms with van der Waals surface area (Å²) in [5, 5.41) is 8.41. The van der Waals surface area contributed by atoms with Crippen molar-refractivity contribution >= 4 is 17.7 Å². The largest absolute Gasteiger partial charge is 0.476 e. The van der Waals surface area contributed by atoms with E-state index in [0.29, 0.717) is 66.1 Å². The summed E-state index contributed by atoms with van der Waals surface area (Å²) >= 11 is 0. The second kappa shape index (κ2) is 21.8. The molecule has 12 heteroatoms. The molecule has 0 aromatic carbocycles. The molecule has 1 aliphatic heterocycles. The summed E-state index contributed by atoms with van der Waals surface area (Å²) in [6.45, 7) is 5.51. The highest BCUT2D eigenvalue weighted by Gasteiger charge is 2.14. The van der Waals surface area contributed by atoms with Crippen LogP contribution in [0.2, 0.25) is 0 Å². The summed E-state index contributed by atoms with van der Waals surface area (Å²) in [6.07, 6.45) is 2.48. The quantitative estimate of drug-likeness (QED) is 0.120. The van der Waals surface area contributed by atoms with Crippen molar-refractivity contribution < 1.29 is 57.4 Å². The van der Waals surface area contributed by atoms with E-state index in [-0.39, 0.29) is 32.3 Å². The van der Waals surface area contributed by atoms with E-state index in [2.05, 4.69) is 0 Å². The highest BCUT2D eigenvalue weighted by molar-refractivity contribution is 6.32. The summed E-state index contributed by atoms with van der Waals surface area (Å²) in [4.78, 5) is 32.5. The Bertz CT molecular complexity index is 536. The van der Waals surface area contributed by atoms with Gasteiger partial charge in [0.15, 0.2) is 6.29 Å². The van der Waals surface area contributed by atoms with Crippen LogP contribution in [0.5, 0.6) is 0 Å². The number of carbonyl (C=O) groups is 3. The molecule has 0 bridgehead atoms. The lowest BCUT2D eigenvalue weighted by molar-refractivity contribution is -0.169. The van der Waals surface area contributed by atoms with Crippen molar-refractivity contribution in [2.75, 3.05) is 85.9 Å².